The molecule has 2 atom stereocenters. The van der Waals surface area contributed by atoms with E-state index >= 15 is 0 Å². The lowest BCUT2D eigenvalue weighted by Crippen LogP contribution is -2.51. The minimum atomic E-state index is -1.23. The van der Waals surface area contributed by atoms with Gasteiger partial charge < -0.3 is 10.8 Å². The fraction of sp³-hybridized carbons (Fsp3) is 0.462. The summed E-state index contributed by atoms with van der Waals surface area (Å²) in [5.41, 5.74) is 4.61. The Kier molecular flexibility index (Phi) is 4.10. The molecule has 0 radical (unpaired) electrons. The van der Waals surface area contributed by atoms with E-state index in [1.807, 2.05) is 0 Å². The first-order valence-electron chi connectivity index (χ1n) is 6.05. The van der Waals surface area contributed by atoms with Crippen molar-refractivity contribution in [2.24, 2.45) is 5.73 Å². The van der Waals surface area contributed by atoms with E-state index in [0.29, 0.717) is 24.2 Å². The van der Waals surface area contributed by atoms with Crippen LogP contribution in [0, 0.1) is 11.6 Å². The average Bonchev–Trinajstić information content (AvgIpc) is 2.33. The number of thioether (sulfide) groups is 1. The summed E-state index contributed by atoms with van der Waals surface area (Å²) in [6.45, 7) is 0. The van der Waals surface area contributed by atoms with Crippen molar-refractivity contribution < 1.29 is 18.7 Å². The normalized spacial score (nSPS) is 27.2. The number of hydrogen-bond acceptors (Lipinski definition) is 3. The van der Waals surface area contributed by atoms with Gasteiger partial charge in [0.25, 0.3) is 0 Å². The van der Waals surface area contributed by atoms with E-state index in [0.717, 1.165) is 12.5 Å². The summed E-state index contributed by atoms with van der Waals surface area (Å²) in [5, 5.41) is 9.05. The van der Waals surface area contributed by atoms with E-state index in [-0.39, 0.29) is 5.25 Å². The molecule has 1 saturated carbocycles. The number of carboxylic acids is 1. The number of carboxylic acid groups (broad SMARTS) is 1. The smallest absolute Gasteiger partial charge is 0.323 e. The third kappa shape index (κ3) is 3.25. The molecule has 104 valence electrons. The maximum absolute atomic E-state index is 13.5. The first-order valence-corrected chi connectivity index (χ1v) is 6.93. The summed E-state index contributed by atoms with van der Waals surface area (Å²) < 4.78 is 26.4. The molecule has 1 aliphatic carbocycles. The topological polar surface area (TPSA) is 63.3 Å². The van der Waals surface area contributed by atoms with Gasteiger partial charge in [0.2, 0.25) is 0 Å². The van der Waals surface area contributed by atoms with Gasteiger partial charge in [-0.15, -0.1) is 11.8 Å². The van der Waals surface area contributed by atoms with Gasteiger partial charge in [0, 0.05) is 16.2 Å². The van der Waals surface area contributed by atoms with Gasteiger partial charge >= 0.3 is 5.97 Å². The molecular weight excluding hydrogens is 272 g/mol. The maximum atomic E-state index is 13.5. The maximum Gasteiger partial charge on any atom is 0.323 e. The first kappa shape index (κ1) is 14.3. The molecule has 0 aromatic heterocycles. The van der Waals surface area contributed by atoms with Crippen LogP contribution in [-0.2, 0) is 4.79 Å². The van der Waals surface area contributed by atoms with Gasteiger partial charge in [0.05, 0.1) is 0 Å². The summed E-state index contributed by atoms with van der Waals surface area (Å²) in [6, 6.07) is 3.40. The molecule has 1 fully saturated rings. The molecule has 1 aliphatic rings. The van der Waals surface area contributed by atoms with Crippen LogP contribution >= 0.6 is 11.8 Å². The Morgan fingerprint density at radius 1 is 1.47 bits per heavy atom. The van der Waals surface area contributed by atoms with Gasteiger partial charge in [-0.05, 0) is 37.8 Å². The highest BCUT2D eigenvalue weighted by Gasteiger charge is 2.39. The number of rotatable bonds is 3. The molecule has 2 unspecified atom stereocenters. The van der Waals surface area contributed by atoms with Gasteiger partial charge in [-0.3, -0.25) is 4.79 Å². The van der Waals surface area contributed by atoms with Crippen LogP contribution in [0.25, 0.3) is 0 Å². The van der Waals surface area contributed by atoms with Crippen molar-refractivity contribution in [3.8, 4) is 0 Å². The summed E-state index contributed by atoms with van der Waals surface area (Å²) in [7, 11) is 0. The van der Waals surface area contributed by atoms with Crippen LogP contribution in [0.4, 0.5) is 8.78 Å². The zero-order valence-electron chi connectivity index (χ0n) is 10.2. The molecule has 0 saturated heterocycles. The second kappa shape index (κ2) is 5.46. The highest BCUT2D eigenvalue weighted by molar-refractivity contribution is 8.00. The lowest BCUT2D eigenvalue weighted by Gasteiger charge is -2.34. The number of aliphatic carboxylic acids is 1. The molecule has 0 aliphatic heterocycles. The lowest BCUT2D eigenvalue weighted by atomic mass is 9.82. The van der Waals surface area contributed by atoms with Gasteiger partial charge in [-0.2, -0.15) is 0 Å². The first-order chi connectivity index (χ1) is 8.90. The zero-order chi connectivity index (χ0) is 14.0. The molecule has 0 spiro atoms. The van der Waals surface area contributed by atoms with Crippen LogP contribution in [0.2, 0.25) is 0 Å². The molecule has 0 amide bonds. The second-order valence-corrected chi connectivity index (χ2v) is 6.21. The minimum Gasteiger partial charge on any atom is -0.480 e. The highest BCUT2D eigenvalue weighted by Crippen LogP contribution is 2.38. The molecule has 19 heavy (non-hydrogen) atoms. The Labute approximate surface area is 114 Å². The van der Waals surface area contributed by atoms with Crippen molar-refractivity contribution in [2.75, 3.05) is 0 Å². The van der Waals surface area contributed by atoms with Crippen LogP contribution in [0.1, 0.15) is 25.7 Å². The van der Waals surface area contributed by atoms with Crippen molar-refractivity contribution in [1.29, 1.82) is 0 Å². The van der Waals surface area contributed by atoms with E-state index in [1.54, 1.807) is 0 Å². The zero-order valence-corrected chi connectivity index (χ0v) is 11.1. The number of halogens is 2. The molecule has 0 heterocycles. The molecule has 0 bridgehead atoms. The summed E-state index contributed by atoms with van der Waals surface area (Å²) in [5.74, 6) is -2.25. The highest BCUT2D eigenvalue weighted by atomic mass is 32.2. The van der Waals surface area contributed by atoms with Gasteiger partial charge in [-0.25, -0.2) is 8.78 Å². The average molecular weight is 287 g/mol. The van der Waals surface area contributed by atoms with E-state index in [2.05, 4.69) is 0 Å². The predicted octanol–water partition coefficient (Wildman–Crippen LogP) is 2.78. The molecule has 6 heteroatoms. The number of benzene rings is 1. The molecule has 2 rings (SSSR count). The summed E-state index contributed by atoms with van der Waals surface area (Å²) >= 11 is 1.23. The fourth-order valence-electron chi connectivity index (χ4n) is 2.30. The van der Waals surface area contributed by atoms with E-state index in [4.69, 9.17) is 10.8 Å². The van der Waals surface area contributed by atoms with Crippen molar-refractivity contribution in [3.63, 3.8) is 0 Å². The molecule has 1 aromatic rings. The Hall–Kier alpha value is -1.14. The summed E-state index contributed by atoms with van der Waals surface area (Å²) in [6.07, 6.45) is 2.21. The Bertz CT molecular complexity index is 498. The van der Waals surface area contributed by atoms with Crippen LogP contribution in [0.5, 0.6) is 0 Å². The largest absolute Gasteiger partial charge is 0.480 e. The van der Waals surface area contributed by atoms with Crippen LogP contribution in [0.15, 0.2) is 23.1 Å². The van der Waals surface area contributed by atoms with Gasteiger partial charge in [0.15, 0.2) is 0 Å². The van der Waals surface area contributed by atoms with Crippen molar-refractivity contribution in [2.45, 2.75) is 41.4 Å². The molecule has 3 N–H and O–H groups in total. The summed E-state index contributed by atoms with van der Waals surface area (Å²) in [4.78, 5) is 11.5. The van der Waals surface area contributed by atoms with E-state index < -0.39 is 23.1 Å². The molecule has 3 nitrogen and oxygen atoms in total. The fourth-order valence-corrected chi connectivity index (χ4v) is 3.64. The second-order valence-electron chi connectivity index (χ2n) is 4.87. The molecule has 1 aromatic carbocycles. The van der Waals surface area contributed by atoms with Crippen LogP contribution in [0.3, 0.4) is 0 Å². The number of carbonyl (C=O) groups is 1. The van der Waals surface area contributed by atoms with Crippen molar-refractivity contribution >= 4 is 17.7 Å². The lowest BCUT2D eigenvalue weighted by molar-refractivity contribution is -0.144. The third-order valence-electron chi connectivity index (χ3n) is 3.35. The number of nitrogens with two attached hydrogens (primary N) is 1. The van der Waals surface area contributed by atoms with E-state index in [9.17, 15) is 13.6 Å². The quantitative estimate of drug-likeness (QED) is 0.897. The predicted molar refractivity (Wildman–Crippen MR) is 69.0 cm³/mol. The minimum absolute atomic E-state index is 0.0604. The standard InChI is InChI=1S/C13H15F2NO2S/c14-8-3-4-11(10(15)6-8)19-9-2-1-5-13(16,7-9)12(17)18/h3-4,6,9H,1-2,5,7,16H2,(H,17,18). The third-order valence-corrected chi connectivity index (χ3v) is 4.68. The molecular formula is C13H15F2NO2S. The van der Waals surface area contributed by atoms with Crippen LogP contribution in [-0.4, -0.2) is 21.9 Å². The van der Waals surface area contributed by atoms with Gasteiger partial charge in [0.1, 0.15) is 17.2 Å². The SMILES string of the molecule is NC1(C(=O)O)CCCC(Sc2ccc(F)cc2F)C1. The monoisotopic (exact) mass is 287 g/mol. The Morgan fingerprint density at radius 2 is 2.21 bits per heavy atom. The van der Waals surface area contributed by atoms with Crippen molar-refractivity contribution in [3.05, 3.63) is 29.8 Å². The number of hydrogen-bond donors (Lipinski definition) is 2. The van der Waals surface area contributed by atoms with E-state index in [1.165, 1.54) is 23.9 Å². The Morgan fingerprint density at radius 3 is 2.84 bits per heavy atom. The Balaban J connectivity index is 2.09. The van der Waals surface area contributed by atoms with Gasteiger partial charge in [-0.1, -0.05) is 0 Å². The van der Waals surface area contributed by atoms with Crippen LogP contribution < -0.4 is 5.73 Å². The van der Waals surface area contributed by atoms with Crippen molar-refractivity contribution in [1.82, 2.24) is 0 Å².